The number of hydrogen-bond donors (Lipinski definition) is 1. The predicted octanol–water partition coefficient (Wildman–Crippen LogP) is 2.03. The molecule has 0 aliphatic carbocycles. The van der Waals surface area contributed by atoms with Crippen LogP contribution in [-0.4, -0.2) is 26.8 Å². The first-order valence-corrected chi connectivity index (χ1v) is 6.31. The highest BCUT2D eigenvalue weighted by molar-refractivity contribution is 5.39. The fraction of sp³-hybridized carbons (Fsp3) is 0.462. The van der Waals surface area contributed by atoms with Crippen LogP contribution in [0.15, 0.2) is 24.3 Å². The largest absolute Gasteiger partial charge is 0.307 e. The van der Waals surface area contributed by atoms with Crippen LogP contribution < -0.4 is 5.32 Å². The second kappa shape index (κ2) is 5.73. The van der Waals surface area contributed by atoms with Gasteiger partial charge < -0.3 is 5.32 Å². The molecule has 0 saturated carbocycles. The van der Waals surface area contributed by atoms with Gasteiger partial charge in [-0.2, -0.15) is 4.68 Å². The normalized spacial score (nSPS) is 12.6. The van der Waals surface area contributed by atoms with Crippen molar-refractivity contribution in [3.63, 3.8) is 0 Å². The van der Waals surface area contributed by atoms with Gasteiger partial charge in [0.05, 0.1) is 11.7 Å². The lowest BCUT2D eigenvalue weighted by Crippen LogP contribution is -2.23. The van der Waals surface area contributed by atoms with Gasteiger partial charge in [-0.15, -0.1) is 5.10 Å². The maximum atomic E-state index is 4.13. The molecular formula is C13H19N5. The number of hydrogen-bond acceptors (Lipinski definition) is 4. The monoisotopic (exact) mass is 245 g/mol. The third-order valence-electron chi connectivity index (χ3n) is 2.93. The maximum Gasteiger partial charge on any atom is 0.173 e. The lowest BCUT2D eigenvalue weighted by molar-refractivity contribution is 0.531. The molecule has 96 valence electrons. The first-order valence-electron chi connectivity index (χ1n) is 6.31. The van der Waals surface area contributed by atoms with E-state index in [1.807, 2.05) is 22.9 Å². The summed E-state index contributed by atoms with van der Waals surface area (Å²) < 4.78 is 1.81. The van der Waals surface area contributed by atoms with E-state index in [-0.39, 0.29) is 6.04 Å². The Morgan fingerprint density at radius 1 is 1.33 bits per heavy atom. The SMILES string of the molecule is CCCNC(C)c1nnnn1-c1ccccc1C. The smallest absolute Gasteiger partial charge is 0.173 e. The summed E-state index contributed by atoms with van der Waals surface area (Å²) in [5.41, 5.74) is 2.19. The molecule has 2 rings (SSSR count). The average Bonchev–Trinajstić information content (AvgIpc) is 2.85. The van der Waals surface area contributed by atoms with E-state index >= 15 is 0 Å². The second-order valence-corrected chi connectivity index (χ2v) is 4.41. The molecule has 1 N–H and O–H groups in total. The van der Waals surface area contributed by atoms with Crippen LogP contribution in [-0.2, 0) is 0 Å². The van der Waals surface area contributed by atoms with E-state index in [2.05, 4.69) is 47.7 Å². The van der Waals surface area contributed by atoms with E-state index in [0.717, 1.165) is 30.0 Å². The predicted molar refractivity (Wildman–Crippen MR) is 70.6 cm³/mol. The van der Waals surface area contributed by atoms with Crippen LogP contribution in [0.2, 0.25) is 0 Å². The van der Waals surface area contributed by atoms with Crippen molar-refractivity contribution in [2.45, 2.75) is 33.2 Å². The van der Waals surface area contributed by atoms with Crippen LogP contribution in [0.4, 0.5) is 0 Å². The van der Waals surface area contributed by atoms with Gasteiger partial charge in [0.15, 0.2) is 5.82 Å². The lowest BCUT2D eigenvalue weighted by Gasteiger charge is -2.13. The van der Waals surface area contributed by atoms with Crippen molar-refractivity contribution in [2.24, 2.45) is 0 Å². The van der Waals surface area contributed by atoms with Gasteiger partial charge in [0, 0.05) is 0 Å². The lowest BCUT2D eigenvalue weighted by atomic mass is 10.2. The third kappa shape index (κ3) is 2.56. The van der Waals surface area contributed by atoms with Crippen molar-refractivity contribution >= 4 is 0 Å². The fourth-order valence-corrected chi connectivity index (χ4v) is 1.89. The minimum absolute atomic E-state index is 0.138. The zero-order chi connectivity index (χ0) is 13.0. The molecule has 1 atom stereocenters. The Morgan fingerprint density at radius 2 is 2.11 bits per heavy atom. The molecule has 1 heterocycles. The van der Waals surface area contributed by atoms with Gasteiger partial charge in [-0.25, -0.2) is 0 Å². The van der Waals surface area contributed by atoms with Gasteiger partial charge >= 0.3 is 0 Å². The number of nitrogens with one attached hydrogen (secondary N) is 1. The Balaban J connectivity index is 2.30. The Morgan fingerprint density at radius 3 is 2.83 bits per heavy atom. The third-order valence-corrected chi connectivity index (χ3v) is 2.93. The molecule has 0 fully saturated rings. The van der Waals surface area contributed by atoms with Gasteiger partial charge in [0.25, 0.3) is 0 Å². The summed E-state index contributed by atoms with van der Waals surface area (Å²) in [6, 6.07) is 8.24. The highest BCUT2D eigenvalue weighted by Crippen LogP contribution is 2.16. The molecule has 1 aromatic heterocycles. The summed E-state index contributed by atoms with van der Waals surface area (Å²) >= 11 is 0. The van der Waals surface area contributed by atoms with Crippen molar-refractivity contribution in [3.8, 4) is 5.69 Å². The summed E-state index contributed by atoms with van der Waals surface area (Å²) in [5.74, 6) is 0.845. The van der Waals surface area contributed by atoms with Gasteiger partial charge in [0.1, 0.15) is 0 Å². The number of aromatic nitrogens is 4. The highest BCUT2D eigenvalue weighted by atomic mass is 15.5. The maximum absolute atomic E-state index is 4.13. The molecule has 1 unspecified atom stereocenters. The molecule has 0 bridgehead atoms. The van der Waals surface area contributed by atoms with E-state index < -0.39 is 0 Å². The first kappa shape index (κ1) is 12.7. The molecule has 5 heteroatoms. The van der Waals surface area contributed by atoms with E-state index in [1.165, 1.54) is 0 Å². The zero-order valence-corrected chi connectivity index (χ0v) is 11.1. The molecule has 0 radical (unpaired) electrons. The van der Waals surface area contributed by atoms with Crippen molar-refractivity contribution in [3.05, 3.63) is 35.7 Å². The quantitative estimate of drug-likeness (QED) is 0.875. The van der Waals surface area contributed by atoms with E-state index in [0.29, 0.717) is 0 Å². The van der Waals surface area contributed by atoms with Crippen molar-refractivity contribution in [1.29, 1.82) is 0 Å². The summed E-state index contributed by atoms with van der Waals surface area (Å²) in [6.07, 6.45) is 1.09. The summed E-state index contributed by atoms with van der Waals surface area (Å²) in [4.78, 5) is 0. The molecule has 0 aliphatic rings. The molecule has 1 aromatic carbocycles. The minimum atomic E-state index is 0.138. The molecule has 5 nitrogen and oxygen atoms in total. The Hall–Kier alpha value is -1.75. The number of rotatable bonds is 5. The Bertz CT molecular complexity index is 506. The van der Waals surface area contributed by atoms with Crippen LogP contribution in [0.5, 0.6) is 0 Å². The van der Waals surface area contributed by atoms with Crippen LogP contribution in [0.1, 0.15) is 37.7 Å². The van der Waals surface area contributed by atoms with Gasteiger partial charge in [-0.1, -0.05) is 25.1 Å². The number of tetrazole rings is 1. The molecule has 0 amide bonds. The molecule has 0 spiro atoms. The van der Waals surface area contributed by atoms with Gasteiger partial charge in [-0.05, 0) is 48.9 Å². The topological polar surface area (TPSA) is 55.6 Å². The summed E-state index contributed by atoms with van der Waals surface area (Å²) in [5, 5.41) is 15.4. The van der Waals surface area contributed by atoms with E-state index in [9.17, 15) is 0 Å². The second-order valence-electron chi connectivity index (χ2n) is 4.41. The van der Waals surface area contributed by atoms with Crippen LogP contribution in [0, 0.1) is 6.92 Å². The Labute approximate surface area is 107 Å². The standard InChI is InChI=1S/C13H19N5/c1-4-9-14-11(3)13-15-16-17-18(13)12-8-6-5-7-10(12)2/h5-8,11,14H,4,9H2,1-3H3. The summed E-state index contributed by atoms with van der Waals surface area (Å²) in [6.45, 7) is 7.24. The average molecular weight is 245 g/mol. The number of benzene rings is 1. The first-order chi connectivity index (χ1) is 8.74. The molecule has 2 aromatic rings. The number of aryl methyl sites for hydroxylation is 1. The molecular weight excluding hydrogens is 226 g/mol. The molecule has 0 aliphatic heterocycles. The van der Waals surface area contributed by atoms with Crippen molar-refractivity contribution in [2.75, 3.05) is 6.54 Å². The number of nitrogens with zero attached hydrogens (tertiary/aromatic N) is 4. The van der Waals surface area contributed by atoms with Gasteiger partial charge in [-0.3, -0.25) is 0 Å². The zero-order valence-electron chi connectivity index (χ0n) is 11.1. The number of para-hydroxylation sites is 1. The molecule has 0 saturated heterocycles. The van der Waals surface area contributed by atoms with Crippen molar-refractivity contribution < 1.29 is 0 Å². The van der Waals surface area contributed by atoms with Crippen molar-refractivity contribution in [1.82, 2.24) is 25.5 Å². The fourth-order valence-electron chi connectivity index (χ4n) is 1.89. The van der Waals surface area contributed by atoms with Gasteiger partial charge in [0.2, 0.25) is 0 Å². The minimum Gasteiger partial charge on any atom is -0.307 e. The van der Waals surface area contributed by atoms with Crippen LogP contribution in [0.25, 0.3) is 5.69 Å². The van der Waals surface area contributed by atoms with E-state index in [1.54, 1.807) is 0 Å². The highest BCUT2D eigenvalue weighted by Gasteiger charge is 2.15. The van der Waals surface area contributed by atoms with Crippen LogP contribution >= 0.6 is 0 Å². The van der Waals surface area contributed by atoms with E-state index in [4.69, 9.17) is 0 Å². The summed E-state index contributed by atoms with van der Waals surface area (Å²) in [7, 11) is 0. The van der Waals surface area contributed by atoms with Crippen LogP contribution in [0.3, 0.4) is 0 Å². The molecule has 18 heavy (non-hydrogen) atoms. The Kier molecular flexibility index (Phi) is 4.04.